The zero-order valence-electron chi connectivity index (χ0n) is 15.1. The molecule has 0 radical (unpaired) electrons. The topological polar surface area (TPSA) is 8.88 Å². The predicted molar refractivity (Wildman–Crippen MR) is 103 cm³/mol. The fraction of sp³-hybridized carbons (Fsp3) is 0.455. The number of fused-ring (bicyclic) bond motifs is 3. The summed E-state index contributed by atoms with van der Waals surface area (Å²) >= 11 is 2.02. The molecule has 1 fully saturated rings. The van der Waals surface area contributed by atoms with Crippen LogP contribution in [0.25, 0.3) is 0 Å². The van der Waals surface area contributed by atoms with Crippen LogP contribution in [0.4, 0.5) is 0 Å². The Labute approximate surface area is 155 Å². The van der Waals surface area contributed by atoms with Crippen molar-refractivity contribution in [3.63, 3.8) is 0 Å². The quantitative estimate of drug-likeness (QED) is 0.787. The summed E-state index contributed by atoms with van der Waals surface area (Å²) in [6, 6.07) is 14.9. The summed E-state index contributed by atoms with van der Waals surface area (Å²) < 4.78 is 0. The van der Waals surface area contributed by atoms with Gasteiger partial charge in [-0.05, 0) is 54.2 Å². The maximum Gasteiger partial charge on any atom is 0.127 e. The number of aryl methyl sites for hydroxylation is 2. The molecule has 2 aromatic rings. The Morgan fingerprint density at radius 3 is 2.48 bits per heavy atom. The van der Waals surface area contributed by atoms with E-state index in [4.69, 9.17) is 0 Å². The van der Waals surface area contributed by atoms with Gasteiger partial charge in [0.05, 0.1) is 7.05 Å². The molecule has 0 bridgehead atoms. The van der Waals surface area contributed by atoms with Crippen LogP contribution in [-0.2, 0) is 19.3 Å². The van der Waals surface area contributed by atoms with Gasteiger partial charge in [-0.15, -0.1) is 0 Å². The third-order valence-electron chi connectivity index (χ3n) is 6.45. The highest BCUT2D eigenvalue weighted by atomic mass is 32.2. The van der Waals surface area contributed by atoms with Gasteiger partial charge in [0.15, 0.2) is 0 Å². The van der Waals surface area contributed by atoms with E-state index in [9.17, 15) is 0 Å². The van der Waals surface area contributed by atoms with Gasteiger partial charge in [-0.1, -0.05) is 30.0 Å². The van der Waals surface area contributed by atoms with E-state index in [-0.39, 0.29) is 0 Å². The zero-order chi connectivity index (χ0) is 16.8. The molecule has 2 aromatic carbocycles. The molecule has 2 aliphatic heterocycles. The zero-order valence-corrected chi connectivity index (χ0v) is 15.9. The lowest BCUT2D eigenvalue weighted by Gasteiger charge is -2.34. The number of rotatable bonds is 1. The minimum Gasteiger partial charge on any atom is -0.328 e. The molecule has 0 spiro atoms. The smallest absolute Gasteiger partial charge is 0.127 e. The summed E-state index contributed by atoms with van der Waals surface area (Å²) in [6.07, 6.45) is 5.10. The predicted octanol–water partition coefficient (Wildman–Crippen LogP) is 1.34. The average Bonchev–Trinajstić information content (AvgIpc) is 3.02. The van der Waals surface area contributed by atoms with Crippen LogP contribution in [0.5, 0.6) is 0 Å². The molecule has 0 aromatic heterocycles. The summed E-state index contributed by atoms with van der Waals surface area (Å²) in [5, 5.41) is 0. The molecule has 1 atom stereocenters. The maximum atomic E-state index is 2.60. The Balaban J connectivity index is 1.60. The summed E-state index contributed by atoms with van der Waals surface area (Å²) in [5.74, 6) is 0. The van der Waals surface area contributed by atoms with E-state index in [2.05, 4.69) is 43.4 Å². The van der Waals surface area contributed by atoms with Gasteiger partial charge in [0.25, 0.3) is 0 Å². The molecule has 0 amide bonds. The number of piperazine rings is 1. The second kappa shape index (κ2) is 6.46. The molecule has 2 N–H and O–H groups in total. The summed E-state index contributed by atoms with van der Waals surface area (Å²) in [6.45, 7) is 5.22. The number of hydrogen-bond donors (Lipinski definition) is 2. The maximum absolute atomic E-state index is 2.60. The van der Waals surface area contributed by atoms with Crippen LogP contribution in [0.1, 0.15) is 34.7 Å². The largest absolute Gasteiger partial charge is 0.328 e. The lowest BCUT2D eigenvalue weighted by Crippen LogP contribution is -3.27. The van der Waals surface area contributed by atoms with Crippen LogP contribution in [0, 0.1) is 0 Å². The van der Waals surface area contributed by atoms with Gasteiger partial charge in [-0.3, -0.25) is 0 Å². The van der Waals surface area contributed by atoms with Crippen LogP contribution in [-0.4, -0.2) is 33.2 Å². The first-order chi connectivity index (χ1) is 12.3. The van der Waals surface area contributed by atoms with E-state index in [0.29, 0.717) is 6.04 Å². The highest BCUT2D eigenvalue weighted by molar-refractivity contribution is 7.99. The second-order valence-electron chi connectivity index (χ2n) is 8.09. The van der Waals surface area contributed by atoms with Crippen molar-refractivity contribution in [1.29, 1.82) is 0 Å². The van der Waals surface area contributed by atoms with Crippen molar-refractivity contribution >= 4 is 11.8 Å². The summed E-state index contributed by atoms with van der Waals surface area (Å²) in [7, 11) is 2.34. The van der Waals surface area contributed by atoms with E-state index < -0.39 is 0 Å². The van der Waals surface area contributed by atoms with Crippen molar-refractivity contribution in [2.24, 2.45) is 0 Å². The Bertz CT molecular complexity index is 793. The second-order valence-corrected chi connectivity index (χ2v) is 9.18. The van der Waals surface area contributed by atoms with Gasteiger partial charge in [-0.2, -0.15) is 0 Å². The molecule has 2 nitrogen and oxygen atoms in total. The van der Waals surface area contributed by atoms with Gasteiger partial charge in [0.1, 0.15) is 32.2 Å². The monoisotopic (exact) mass is 352 g/mol. The number of benzene rings is 2. The molecule has 5 rings (SSSR count). The van der Waals surface area contributed by atoms with Crippen LogP contribution in [0.3, 0.4) is 0 Å². The molecular formula is C22H28N2S+2. The van der Waals surface area contributed by atoms with Crippen molar-refractivity contribution in [3.8, 4) is 0 Å². The molecule has 25 heavy (non-hydrogen) atoms. The molecule has 0 unspecified atom stereocenters. The lowest BCUT2D eigenvalue weighted by atomic mass is 9.94. The van der Waals surface area contributed by atoms with Crippen molar-refractivity contribution < 1.29 is 9.80 Å². The van der Waals surface area contributed by atoms with Gasteiger partial charge in [0, 0.05) is 21.8 Å². The Kier molecular flexibility index (Phi) is 4.11. The molecule has 1 saturated heterocycles. The lowest BCUT2D eigenvalue weighted by molar-refractivity contribution is -1.02. The first kappa shape index (κ1) is 15.9. The Hall–Kier alpha value is -1.29. The van der Waals surface area contributed by atoms with Gasteiger partial charge in [-0.25, -0.2) is 0 Å². The fourth-order valence-corrected chi connectivity index (χ4v) is 6.10. The number of hydrogen-bond acceptors (Lipinski definition) is 1. The fourth-order valence-electron chi connectivity index (χ4n) is 4.91. The highest BCUT2D eigenvalue weighted by Gasteiger charge is 2.34. The first-order valence-electron chi connectivity index (χ1n) is 9.85. The molecular weight excluding hydrogens is 324 g/mol. The molecule has 3 heteroatoms. The van der Waals surface area contributed by atoms with Crippen LogP contribution >= 0.6 is 11.8 Å². The normalized spacial score (nSPS) is 28.0. The number of quaternary nitrogens is 2. The van der Waals surface area contributed by atoms with Crippen LogP contribution in [0.2, 0.25) is 0 Å². The van der Waals surface area contributed by atoms with Crippen molar-refractivity contribution in [2.75, 3.05) is 33.2 Å². The number of likely N-dealkylation sites (N-methyl/N-ethyl adjacent to an activating group) is 1. The Morgan fingerprint density at radius 2 is 1.64 bits per heavy atom. The number of nitrogens with one attached hydrogen (secondary N) is 2. The van der Waals surface area contributed by atoms with Crippen molar-refractivity contribution in [1.82, 2.24) is 0 Å². The van der Waals surface area contributed by atoms with E-state index >= 15 is 0 Å². The van der Waals surface area contributed by atoms with Crippen LogP contribution in [0.15, 0.2) is 46.2 Å². The SMILES string of the molecule is C[NH+]1CC[NH+]([C@H]2Cc3ccccc3Sc3cc4c(cc32)CCC4)CC1. The van der Waals surface area contributed by atoms with E-state index in [0.717, 1.165) is 0 Å². The third-order valence-corrected chi connectivity index (χ3v) is 7.65. The molecule has 3 aliphatic rings. The third kappa shape index (κ3) is 2.92. The minimum atomic E-state index is 0.630. The molecule has 0 saturated carbocycles. The van der Waals surface area contributed by atoms with E-state index in [1.807, 2.05) is 16.7 Å². The van der Waals surface area contributed by atoms with Gasteiger partial charge in [0.2, 0.25) is 0 Å². The Morgan fingerprint density at radius 1 is 0.880 bits per heavy atom. The van der Waals surface area contributed by atoms with Gasteiger partial charge >= 0.3 is 0 Å². The van der Waals surface area contributed by atoms with Crippen LogP contribution < -0.4 is 9.80 Å². The average molecular weight is 353 g/mol. The highest BCUT2D eigenvalue weighted by Crippen LogP contribution is 2.42. The van der Waals surface area contributed by atoms with E-state index in [1.54, 1.807) is 27.2 Å². The minimum absolute atomic E-state index is 0.630. The summed E-state index contributed by atoms with van der Waals surface area (Å²) in [5.41, 5.74) is 6.43. The van der Waals surface area contributed by atoms with Gasteiger partial charge < -0.3 is 9.80 Å². The standard InChI is InChI=1S/C22H26N2S/c1-23-9-11-24(12-10-23)20-14-18-5-2-3-8-21(18)25-22-15-17-7-4-6-16(17)13-19(20)22/h2-3,5,8,13,15,20H,4,6-7,9-12,14H2,1H3/p+2/t20-/m0/s1. The summed E-state index contributed by atoms with van der Waals surface area (Å²) in [4.78, 5) is 6.51. The molecule has 1 aliphatic carbocycles. The first-order valence-corrected chi connectivity index (χ1v) is 10.7. The van der Waals surface area contributed by atoms with E-state index in [1.165, 1.54) is 61.7 Å². The molecule has 2 heterocycles. The van der Waals surface area contributed by atoms with Crippen molar-refractivity contribution in [2.45, 2.75) is 41.5 Å². The molecule has 130 valence electrons. The van der Waals surface area contributed by atoms with Crippen molar-refractivity contribution in [3.05, 3.63) is 58.7 Å².